The van der Waals surface area contributed by atoms with Crippen molar-refractivity contribution in [2.75, 3.05) is 37.6 Å². The quantitative estimate of drug-likeness (QED) is 0.372. The summed E-state index contributed by atoms with van der Waals surface area (Å²) in [5, 5.41) is 4.60. The third kappa shape index (κ3) is 5.25. The largest absolute Gasteiger partial charge is 0.369 e. The fraction of sp³-hybridized carbons (Fsp3) is 0.423. The van der Waals surface area contributed by atoms with Crippen LogP contribution in [0.2, 0.25) is 0 Å². The molecular formula is C26H34N6O. The summed E-state index contributed by atoms with van der Waals surface area (Å²) in [7, 11) is 0. The summed E-state index contributed by atoms with van der Waals surface area (Å²) >= 11 is 0. The fourth-order valence-corrected chi connectivity index (χ4v) is 4.48. The number of piperazine rings is 1. The Morgan fingerprint density at radius 3 is 2.55 bits per heavy atom. The number of nitrogens with zero attached hydrogens (tertiary/aromatic N) is 6. The van der Waals surface area contributed by atoms with Crippen molar-refractivity contribution < 1.29 is 0 Å². The van der Waals surface area contributed by atoms with Gasteiger partial charge in [-0.3, -0.25) is 14.5 Å². The minimum absolute atomic E-state index is 0.0871. The van der Waals surface area contributed by atoms with Crippen molar-refractivity contribution >= 4 is 5.69 Å². The maximum absolute atomic E-state index is 12.9. The monoisotopic (exact) mass is 446 g/mol. The number of benzene rings is 1. The van der Waals surface area contributed by atoms with E-state index in [2.05, 4.69) is 58.5 Å². The SMILES string of the molecule is C=CCn1c(-c2cccnc2)nn(CCCCN2CCN(c3cccc(C)c3C)CC2)c1=O. The molecule has 33 heavy (non-hydrogen) atoms. The van der Waals surface area contributed by atoms with Gasteiger partial charge in [0.05, 0.1) is 0 Å². The smallest absolute Gasteiger partial charge is 0.346 e. The predicted molar refractivity (Wildman–Crippen MR) is 134 cm³/mol. The van der Waals surface area contributed by atoms with Crippen LogP contribution in [0.5, 0.6) is 0 Å². The number of rotatable bonds is 9. The first-order valence-electron chi connectivity index (χ1n) is 11.8. The zero-order valence-electron chi connectivity index (χ0n) is 19.8. The molecule has 0 unspecified atom stereocenters. The van der Waals surface area contributed by atoms with Crippen LogP contribution in [0, 0.1) is 13.8 Å². The van der Waals surface area contributed by atoms with Crippen LogP contribution in [0.4, 0.5) is 5.69 Å². The number of allylic oxidation sites excluding steroid dienone is 1. The second kappa shape index (κ2) is 10.6. The van der Waals surface area contributed by atoms with Crippen molar-refractivity contribution in [1.29, 1.82) is 0 Å². The first kappa shape index (κ1) is 23.0. The van der Waals surface area contributed by atoms with Crippen LogP contribution >= 0.6 is 0 Å². The Balaban J connectivity index is 1.29. The molecule has 7 nitrogen and oxygen atoms in total. The molecule has 0 atom stereocenters. The number of hydrogen-bond donors (Lipinski definition) is 0. The molecule has 0 amide bonds. The zero-order chi connectivity index (χ0) is 23.2. The minimum atomic E-state index is -0.0871. The minimum Gasteiger partial charge on any atom is -0.369 e. The molecule has 0 N–H and O–H groups in total. The molecule has 1 fully saturated rings. The van der Waals surface area contributed by atoms with Gasteiger partial charge in [-0.05, 0) is 62.6 Å². The molecule has 7 heteroatoms. The number of hydrogen-bond acceptors (Lipinski definition) is 5. The molecule has 2 aromatic heterocycles. The van der Waals surface area contributed by atoms with Crippen LogP contribution in [-0.4, -0.2) is 57.0 Å². The molecule has 3 aromatic rings. The van der Waals surface area contributed by atoms with E-state index in [4.69, 9.17) is 0 Å². The molecule has 4 rings (SSSR count). The summed E-state index contributed by atoms with van der Waals surface area (Å²) in [6.07, 6.45) is 7.16. The average molecular weight is 447 g/mol. The predicted octanol–water partition coefficient (Wildman–Crippen LogP) is 3.51. The number of pyridine rings is 1. The third-order valence-electron chi connectivity index (χ3n) is 6.54. The highest BCUT2D eigenvalue weighted by Gasteiger charge is 2.19. The summed E-state index contributed by atoms with van der Waals surface area (Å²) in [6, 6.07) is 10.4. The van der Waals surface area contributed by atoms with Crippen LogP contribution < -0.4 is 10.6 Å². The summed E-state index contributed by atoms with van der Waals surface area (Å²) in [4.78, 5) is 22.0. The number of anilines is 1. The Bertz CT molecular complexity index is 1130. The Hall–Kier alpha value is -3.19. The molecule has 1 aliphatic heterocycles. The highest BCUT2D eigenvalue weighted by atomic mass is 16.2. The Morgan fingerprint density at radius 1 is 1.03 bits per heavy atom. The molecule has 0 saturated carbocycles. The molecule has 1 aliphatic rings. The second-order valence-electron chi connectivity index (χ2n) is 8.73. The van der Waals surface area contributed by atoms with Crippen molar-refractivity contribution in [1.82, 2.24) is 24.2 Å². The van der Waals surface area contributed by atoms with E-state index >= 15 is 0 Å². The van der Waals surface area contributed by atoms with E-state index in [0.717, 1.165) is 51.1 Å². The molecule has 1 saturated heterocycles. The van der Waals surface area contributed by atoms with Gasteiger partial charge in [0.2, 0.25) is 0 Å². The summed E-state index contributed by atoms with van der Waals surface area (Å²) < 4.78 is 3.25. The van der Waals surface area contributed by atoms with E-state index < -0.39 is 0 Å². The normalized spacial score (nSPS) is 14.5. The van der Waals surface area contributed by atoms with E-state index in [1.807, 2.05) is 12.1 Å². The van der Waals surface area contributed by atoms with Gasteiger partial charge in [0.25, 0.3) is 0 Å². The van der Waals surface area contributed by atoms with Gasteiger partial charge >= 0.3 is 5.69 Å². The van der Waals surface area contributed by atoms with Crippen LogP contribution in [0.1, 0.15) is 24.0 Å². The van der Waals surface area contributed by atoms with Crippen molar-refractivity contribution in [3.8, 4) is 11.4 Å². The van der Waals surface area contributed by atoms with Gasteiger partial charge in [0, 0.05) is 62.9 Å². The van der Waals surface area contributed by atoms with Crippen LogP contribution in [0.3, 0.4) is 0 Å². The highest BCUT2D eigenvalue weighted by molar-refractivity contribution is 5.56. The van der Waals surface area contributed by atoms with E-state index in [0.29, 0.717) is 18.9 Å². The summed E-state index contributed by atoms with van der Waals surface area (Å²) in [5.74, 6) is 0.649. The van der Waals surface area contributed by atoms with Crippen LogP contribution in [-0.2, 0) is 13.1 Å². The van der Waals surface area contributed by atoms with Gasteiger partial charge in [-0.25, -0.2) is 9.48 Å². The summed E-state index contributed by atoms with van der Waals surface area (Å²) in [6.45, 7) is 14.6. The lowest BCUT2D eigenvalue weighted by atomic mass is 10.1. The van der Waals surface area contributed by atoms with Gasteiger partial charge in [-0.1, -0.05) is 18.2 Å². The molecule has 0 radical (unpaired) electrons. The van der Waals surface area contributed by atoms with Gasteiger partial charge in [-0.2, -0.15) is 0 Å². The van der Waals surface area contributed by atoms with Crippen molar-refractivity contribution in [3.63, 3.8) is 0 Å². The molecule has 0 bridgehead atoms. The lowest BCUT2D eigenvalue weighted by molar-refractivity contribution is 0.250. The fourth-order valence-electron chi connectivity index (χ4n) is 4.48. The molecule has 0 spiro atoms. The van der Waals surface area contributed by atoms with Crippen molar-refractivity contribution in [2.45, 2.75) is 39.8 Å². The van der Waals surface area contributed by atoms with E-state index in [1.54, 1.807) is 27.7 Å². The second-order valence-corrected chi connectivity index (χ2v) is 8.73. The number of aryl methyl sites for hydroxylation is 2. The van der Waals surface area contributed by atoms with Gasteiger partial charge in [0.15, 0.2) is 5.82 Å². The Morgan fingerprint density at radius 2 is 1.82 bits per heavy atom. The van der Waals surface area contributed by atoms with E-state index in [1.165, 1.54) is 16.8 Å². The maximum atomic E-state index is 12.9. The molecule has 3 heterocycles. The molecule has 1 aromatic carbocycles. The third-order valence-corrected chi connectivity index (χ3v) is 6.54. The Labute approximate surface area is 196 Å². The van der Waals surface area contributed by atoms with E-state index in [-0.39, 0.29) is 5.69 Å². The van der Waals surface area contributed by atoms with Gasteiger partial charge in [-0.15, -0.1) is 11.7 Å². The topological polar surface area (TPSA) is 59.2 Å². The lowest BCUT2D eigenvalue weighted by Crippen LogP contribution is -2.46. The van der Waals surface area contributed by atoms with Crippen LogP contribution in [0.25, 0.3) is 11.4 Å². The van der Waals surface area contributed by atoms with Crippen molar-refractivity contribution in [3.05, 3.63) is 77.0 Å². The molecule has 0 aliphatic carbocycles. The number of aromatic nitrogens is 4. The van der Waals surface area contributed by atoms with Gasteiger partial charge in [0.1, 0.15) is 0 Å². The van der Waals surface area contributed by atoms with E-state index in [9.17, 15) is 4.79 Å². The standard InChI is InChI=1S/C26H34N6O/c1-4-13-31-25(23-10-8-12-27-20-23)28-32(26(31)33)15-6-5-14-29-16-18-30(19-17-29)24-11-7-9-21(2)22(24)3/h4,7-12,20H,1,5-6,13-19H2,2-3H3. The average Bonchev–Trinajstić information content (AvgIpc) is 3.15. The van der Waals surface area contributed by atoms with Crippen molar-refractivity contribution in [2.24, 2.45) is 0 Å². The first-order chi connectivity index (χ1) is 16.1. The van der Waals surface area contributed by atoms with Crippen LogP contribution in [0.15, 0.2) is 60.2 Å². The number of unbranched alkanes of at least 4 members (excludes halogenated alkanes) is 1. The Kier molecular flexibility index (Phi) is 7.40. The molecule has 174 valence electrons. The first-order valence-corrected chi connectivity index (χ1v) is 11.8. The van der Waals surface area contributed by atoms with Gasteiger partial charge < -0.3 is 4.90 Å². The molecular weight excluding hydrogens is 412 g/mol. The summed E-state index contributed by atoms with van der Waals surface area (Å²) in [5.41, 5.74) is 4.87. The zero-order valence-corrected chi connectivity index (χ0v) is 19.8. The lowest BCUT2D eigenvalue weighted by Gasteiger charge is -2.37. The maximum Gasteiger partial charge on any atom is 0.346 e. The highest BCUT2D eigenvalue weighted by Crippen LogP contribution is 2.24.